The molecule has 106 valence electrons. The highest BCUT2D eigenvalue weighted by atomic mass is 35.5. The minimum Gasteiger partial charge on any atom is -0.235 e. The van der Waals surface area contributed by atoms with E-state index < -0.39 is 17.6 Å². The summed E-state index contributed by atoms with van der Waals surface area (Å²) in [6, 6.07) is 4.81. The van der Waals surface area contributed by atoms with Crippen LogP contribution >= 0.6 is 11.6 Å². The Morgan fingerprint density at radius 2 is 1.90 bits per heavy atom. The highest BCUT2D eigenvalue weighted by Crippen LogP contribution is 2.29. The predicted octanol–water partition coefficient (Wildman–Crippen LogP) is 4.19. The zero-order valence-electron chi connectivity index (χ0n) is 10.3. The van der Waals surface area contributed by atoms with Crippen molar-refractivity contribution in [2.75, 3.05) is 0 Å². The minimum atomic E-state index is -4.41. The summed E-state index contributed by atoms with van der Waals surface area (Å²) in [4.78, 5) is 7.59. The zero-order valence-corrected chi connectivity index (χ0v) is 11.1. The third kappa shape index (κ3) is 3.25. The number of halogens is 5. The summed E-state index contributed by atoms with van der Waals surface area (Å²) in [5.41, 5.74) is -0.311. The molecule has 0 radical (unpaired) electrons. The summed E-state index contributed by atoms with van der Waals surface area (Å²) < 4.78 is 51.0. The van der Waals surface area contributed by atoms with Crippen LogP contribution in [0.5, 0.6) is 0 Å². The van der Waals surface area contributed by atoms with Gasteiger partial charge in [-0.3, -0.25) is 0 Å². The smallest absolute Gasteiger partial charge is 0.235 e. The molecule has 0 amide bonds. The van der Waals surface area contributed by atoms with Crippen molar-refractivity contribution in [1.82, 2.24) is 9.97 Å². The molecule has 7 heteroatoms. The van der Waals surface area contributed by atoms with Gasteiger partial charge in [-0.25, -0.2) is 14.4 Å². The molecule has 0 atom stereocenters. The van der Waals surface area contributed by atoms with Gasteiger partial charge in [-0.05, 0) is 18.6 Å². The standard InChI is InChI=1S/C13H9ClF4N2/c1-7-11(15)12(14)20-10(19-7)6-8-3-2-4-9(5-8)13(16,17)18/h2-5H,6H2,1H3. The predicted molar refractivity (Wildman–Crippen MR) is 66.0 cm³/mol. The van der Waals surface area contributed by atoms with Crippen LogP contribution in [0.2, 0.25) is 5.15 Å². The number of hydrogen-bond donors (Lipinski definition) is 0. The number of aryl methyl sites for hydroxylation is 1. The Bertz CT molecular complexity index is 618. The molecule has 1 aromatic carbocycles. The Kier molecular flexibility index (Phi) is 3.94. The average molecular weight is 305 g/mol. The van der Waals surface area contributed by atoms with E-state index >= 15 is 0 Å². The van der Waals surface area contributed by atoms with Gasteiger partial charge in [0.25, 0.3) is 0 Å². The van der Waals surface area contributed by atoms with Crippen molar-refractivity contribution in [3.8, 4) is 0 Å². The molecule has 0 fully saturated rings. The van der Waals surface area contributed by atoms with E-state index in [-0.39, 0.29) is 23.1 Å². The molecule has 0 unspecified atom stereocenters. The lowest BCUT2D eigenvalue weighted by atomic mass is 10.1. The first-order valence-electron chi connectivity index (χ1n) is 5.62. The van der Waals surface area contributed by atoms with Crippen molar-refractivity contribution in [2.45, 2.75) is 19.5 Å². The number of aromatic nitrogens is 2. The van der Waals surface area contributed by atoms with Crippen LogP contribution in [-0.2, 0) is 12.6 Å². The monoisotopic (exact) mass is 304 g/mol. The SMILES string of the molecule is Cc1nc(Cc2cccc(C(F)(F)F)c2)nc(Cl)c1F. The number of rotatable bonds is 2. The number of nitrogens with zero attached hydrogens (tertiary/aromatic N) is 2. The lowest BCUT2D eigenvalue weighted by Gasteiger charge is -2.09. The molecule has 2 aromatic rings. The van der Waals surface area contributed by atoms with Crippen molar-refractivity contribution < 1.29 is 17.6 Å². The van der Waals surface area contributed by atoms with Gasteiger partial charge in [0, 0.05) is 6.42 Å². The molecule has 0 aliphatic heterocycles. The van der Waals surface area contributed by atoms with Crippen LogP contribution < -0.4 is 0 Å². The molecule has 1 heterocycles. The minimum absolute atomic E-state index is 0.0464. The molecule has 0 N–H and O–H groups in total. The van der Waals surface area contributed by atoms with Gasteiger partial charge in [-0.1, -0.05) is 29.8 Å². The highest BCUT2D eigenvalue weighted by molar-refractivity contribution is 6.29. The van der Waals surface area contributed by atoms with Crippen molar-refractivity contribution in [3.05, 3.63) is 57.9 Å². The maximum absolute atomic E-state index is 13.3. The maximum atomic E-state index is 13.3. The van der Waals surface area contributed by atoms with Crippen LogP contribution in [0.25, 0.3) is 0 Å². The van der Waals surface area contributed by atoms with Gasteiger partial charge in [0.15, 0.2) is 11.0 Å². The van der Waals surface area contributed by atoms with E-state index in [9.17, 15) is 17.6 Å². The van der Waals surface area contributed by atoms with Crippen LogP contribution in [0.3, 0.4) is 0 Å². The summed E-state index contributed by atoms with van der Waals surface area (Å²) >= 11 is 5.58. The second kappa shape index (κ2) is 5.36. The van der Waals surface area contributed by atoms with Gasteiger partial charge >= 0.3 is 6.18 Å². The van der Waals surface area contributed by atoms with E-state index in [0.717, 1.165) is 12.1 Å². The fraction of sp³-hybridized carbons (Fsp3) is 0.231. The summed E-state index contributed by atoms with van der Waals surface area (Å²) in [5, 5.41) is -0.334. The topological polar surface area (TPSA) is 25.8 Å². The maximum Gasteiger partial charge on any atom is 0.416 e. The van der Waals surface area contributed by atoms with E-state index in [4.69, 9.17) is 11.6 Å². The quantitative estimate of drug-likeness (QED) is 0.614. The second-order valence-electron chi connectivity index (χ2n) is 4.20. The molecular weight excluding hydrogens is 296 g/mol. The zero-order chi connectivity index (χ0) is 14.9. The largest absolute Gasteiger partial charge is 0.416 e. The lowest BCUT2D eigenvalue weighted by Crippen LogP contribution is -2.06. The summed E-state index contributed by atoms with van der Waals surface area (Å²) in [5.74, 6) is -0.548. The molecule has 1 aromatic heterocycles. The molecule has 2 rings (SSSR count). The Hall–Kier alpha value is -1.69. The fourth-order valence-electron chi connectivity index (χ4n) is 1.70. The van der Waals surface area contributed by atoms with Gasteiger partial charge in [-0.2, -0.15) is 13.2 Å². The second-order valence-corrected chi connectivity index (χ2v) is 4.56. The van der Waals surface area contributed by atoms with Gasteiger partial charge in [0.05, 0.1) is 11.3 Å². The van der Waals surface area contributed by atoms with Crippen LogP contribution in [0, 0.1) is 12.7 Å². The first kappa shape index (κ1) is 14.7. The van der Waals surface area contributed by atoms with Crippen LogP contribution in [0.4, 0.5) is 17.6 Å². The molecule has 0 aliphatic rings. The third-order valence-electron chi connectivity index (χ3n) is 2.64. The normalized spacial score (nSPS) is 11.7. The fourth-order valence-corrected chi connectivity index (χ4v) is 1.93. The van der Waals surface area contributed by atoms with Crippen molar-refractivity contribution in [3.63, 3.8) is 0 Å². The van der Waals surface area contributed by atoms with Crippen molar-refractivity contribution in [2.24, 2.45) is 0 Å². The molecule has 2 nitrogen and oxygen atoms in total. The molecule has 0 aliphatic carbocycles. The van der Waals surface area contributed by atoms with E-state index in [1.807, 2.05) is 0 Å². The first-order valence-corrected chi connectivity index (χ1v) is 6.00. The number of alkyl halides is 3. The molecule has 20 heavy (non-hydrogen) atoms. The van der Waals surface area contributed by atoms with E-state index in [2.05, 4.69) is 9.97 Å². The molecular formula is C13H9ClF4N2. The first-order chi connectivity index (χ1) is 9.27. The molecule has 0 saturated heterocycles. The van der Waals surface area contributed by atoms with E-state index in [1.165, 1.54) is 19.1 Å². The Labute approximate surface area is 117 Å². The highest BCUT2D eigenvalue weighted by Gasteiger charge is 2.30. The molecule has 0 bridgehead atoms. The Morgan fingerprint density at radius 1 is 1.20 bits per heavy atom. The summed E-state index contributed by atoms with van der Waals surface area (Å²) in [7, 11) is 0. The lowest BCUT2D eigenvalue weighted by molar-refractivity contribution is -0.137. The van der Waals surface area contributed by atoms with Crippen LogP contribution in [-0.4, -0.2) is 9.97 Å². The van der Waals surface area contributed by atoms with Gasteiger partial charge in [-0.15, -0.1) is 0 Å². The van der Waals surface area contributed by atoms with Gasteiger partial charge in [0.1, 0.15) is 5.82 Å². The van der Waals surface area contributed by atoms with Crippen LogP contribution in [0.15, 0.2) is 24.3 Å². The van der Waals surface area contributed by atoms with Crippen LogP contribution in [0.1, 0.15) is 22.6 Å². The molecule has 0 spiro atoms. The van der Waals surface area contributed by atoms with Gasteiger partial charge < -0.3 is 0 Å². The third-order valence-corrected chi connectivity index (χ3v) is 2.89. The van der Waals surface area contributed by atoms with Crippen molar-refractivity contribution in [1.29, 1.82) is 0 Å². The Morgan fingerprint density at radius 3 is 2.50 bits per heavy atom. The summed E-state index contributed by atoms with van der Waals surface area (Å²) in [6.07, 6.45) is -4.36. The van der Waals surface area contributed by atoms with E-state index in [0.29, 0.717) is 5.56 Å². The molecule has 0 saturated carbocycles. The number of hydrogen-bond acceptors (Lipinski definition) is 2. The van der Waals surface area contributed by atoms with E-state index in [1.54, 1.807) is 0 Å². The number of benzene rings is 1. The Balaban J connectivity index is 2.31. The van der Waals surface area contributed by atoms with Gasteiger partial charge in [0.2, 0.25) is 0 Å². The summed E-state index contributed by atoms with van der Waals surface area (Å²) in [6.45, 7) is 1.42. The average Bonchev–Trinajstić information content (AvgIpc) is 2.35. The van der Waals surface area contributed by atoms with Crippen molar-refractivity contribution >= 4 is 11.6 Å².